The van der Waals surface area contributed by atoms with Crippen LogP contribution in [0.4, 0.5) is 35.3 Å². The third-order valence-corrected chi connectivity index (χ3v) is 12.6. The van der Waals surface area contributed by atoms with Crippen molar-refractivity contribution in [2.75, 3.05) is 87.0 Å². The molecule has 1 aliphatic rings. The molecule has 0 amide bonds. The van der Waals surface area contributed by atoms with Gasteiger partial charge < -0.3 is 81.3 Å². The lowest BCUT2D eigenvalue weighted by atomic mass is 10.1. The number of nitrogens with zero attached hydrogens (tertiary/aromatic N) is 11. The number of anilines is 6. The molecule has 0 bridgehead atoms. The van der Waals surface area contributed by atoms with Crippen LogP contribution in [0.15, 0.2) is 50.5 Å². The maximum atomic E-state index is 12.3. The Morgan fingerprint density at radius 1 is 0.643 bits per heavy atom. The van der Waals surface area contributed by atoms with Gasteiger partial charge in [0.1, 0.15) is 45.4 Å². The fraction of sp³-hybridized carbons (Fsp3) is 0.468. The summed E-state index contributed by atoms with van der Waals surface area (Å²) in [4.78, 5) is 147. The monoisotopic (exact) mass is 1170 g/mol. The van der Waals surface area contributed by atoms with Gasteiger partial charge in [0.15, 0.2) is 22.9 Å². The molecule has 0 radical (unpaired) electrons. The highest BCUT2D eigenvalue weighted by molar-refractivity contribution is 5.87. The number of nitrogens with two attached hydrogens (primary N) is 6. The van der Waals surface area contributed by atoms with Crippen LogP contribution in [-0.2, 0) is 34.0 Å². The number of allylic oxidation sites excluding steroid dienone is 1. The number of fused-ring (bicyclic) bond motifs is 3. The lowest BCUT2D eigenvalue weighted by Crippen LogP contribution is -2.47. The van der Waals surface area contributed by atoms with E-state index in [9.17, 15) is 53.4 Å². The van der Waals surface area contributed by atoms with E-state index in [1.54, 1.807) is 27.4 Å². The van der Waals surface area contributed by atoms with Crippen LogP contribution in [0.3, 0.4) is 0 Å². The number of carbonyl (C=O) groups excluding carboxylic acids is 2. The Morgan fingerprint density at radius 2 is 1.05 bits per heavy atom. The molecule has 37 heteroatoms. The number of hydrogen-bond acceptors (Lipinski definition) is 28. The van der Waals surface area contributed by atoms with E-state index in [4.69, 9.17) is 34.4 Å². The summed E-state index contributed by atoms with van der Waals surface area (Å²) in [5.74, 6) is -2.48. The number of H-pyrrole nitrogens is 3. The van der Waals surface area contributed by atoms with Crippen LogP contribution in [0.5, 0.6) is 0 Å². The van der Waals surface area contributed by atoms with E-state index in [1.807, 2.05) is 6.08 Å². The molecule has 84 heavy (non-hydrogen) atoms. The lowest BCUT2D eigenvalue weighted by molar-refractivity contribution is -0.308. The smallest absolute Gasteiger partial charge is 0.351 e. The molecule has 3 atom stereocenters. The molecule has 0 saturated carbocycles. The lowest BCUT2D eigenvalue weighted by Gasteiger charge is -2.20. The van der Waals surface area contributed by atoms with Crippen LogP contribution in [0.25, 0.3) is 33.1 Å². The molecule has 1 aliphatic heterocycles. The molecule has 0 aromatic carbocycles. The number of rotatable bonds is 28. The summed E-state index contributed by atoms with van der Waals surface area (Å²) in [5.41, 5.74) is 30.4. The van der Waals surface area contributed by atoms with Crippen molar-refractivity contribution >= 4 is 98.3 Å². The van der Waals surface area contributed by atoms with Crippen molar-refractivity contribution in [3.8, 4) is 0 Å². The third-order valence-electron chi connectivity index (χ3n) is 12.6. The first-order valence-corrected chi connectivity index (χ1v) is 26.1. The van der Waals surface area contributed by atoms with Crippen molar-refractivity contribution in [2.24, 2.45) is 27.2 Å². The van der Waals surface area contributed by atoms with E-state index >= 15 is 0 Å². The average molecular weight is 1170 g/mol. The molecule has 7 rings (SSSR count). The maximum absolute atomic E-state index is 12.3. The highest BCUT2D eigenvalue weighted by atomic mass is 16.4. The summed E-state index contributed by atoms with van der Waals surface area (Å²) < 4.78 is 3.59. The molecule has 454 valence electrons. The molecule has 7 heterocycles. The Kier molecular flexibility index (Phi) is 23.7. The van der Waals surface area contributed by atoms with Crippen LogP contribution >= 0.6 is 0 Å². The number of hydrogen-bond donors (Lipinski definition) is 16. The maximum Gasteiger partial charge on any atom is 0.351 e. The van der Waals surface area contributed by atoms with Gasteiger partial charge in [-0.05, 0) is 39.2 Å². The second-order valence-electron chi connectivity index (χ2n) is 18.4. The number of unbranched alkanes of at least 4 members (excludes halogenated alkanes) is 1. The molecule has 0 spiro atoms. The van der Waals surface area contributed by atoms with Crippen molar-refractivity contribution in [3.05, 3.63) is 74.3 Å². The molecule has 37 nitrogen and oxygen atoms in total. The topological polar surface area (TPSA) is 589 Å². The van der Waals surface area contributed by atoms with E-state index in [0.29, 0.717) is 38.0 Å². The van der Waals surface area contributed by atoms with Gasteiger partial charge in [-0.25, -0.2) is 14.4 Å². The minimum atomic E-state index is -1.30. The summed E-state index contributed by atoms with van der Waals surface area (Å²) in [6, 6.07) is -2.16. The molecule has 0 aliphatic carbocycles. The third kappa shape index (κ3) is 17.3. The molecular formula is C47H69N26O11-. The number of guanidine groups is 1. The minimum Gasteiger partial charge on any atom is -0.548 e. The molecule has 6 aromatic rings. The van der Waals surface area contributed by atoms with Crippen molar-refractivity contribution < 1.29 is 24.6 Å². The predicted molar refractivity (Wildman–Crippen MR) is 312 cm³/mol. The van der Waals surface area contributed by atoms with Gasteiger partial charge in [0, 0.05) is 97.8 Å². The second-order valence-corrected chi connectivity index (χ2v) is 18.4. The second kappa shape index (κ2) is 30.7. The zero-order valence-electron chi connectivity index (χ0n) is 46.4. The molecule has 0 unspecified atom stereocenters. The van der Waals surface area contributed by atoms with Gasteiger partial charge >= 0.3 is 23.0 Å². The van der Waals surface area contributed by atoms with E-state index in [2.05, 4.69) is 86.7 Å². The number of nitrogens with one attached hydrogen (secondary N) is 9. The van der Waals surface area contributed by atoms with Gasteiger partial charge in [-0.1, -0.05) is 12.5 Å². The molecular weight excluding hydrogens is 1100 g/mol. The van der Waals surface area contributed by atoms with E-state index in [0.717, 1.165) is 17.4 Å². The van der Waals surface area contributed by atoms with Gasteiger partial charge in [-0.15, -0.1) is 0 Å². The molecule has 6 aromatic heterocycles. The molecule has 0 fully saturated rings. The first kappa shape index (κ1) is 64.8. The van der Waals surface area contributed by atoms with Crippen LogP contribution in [0.2, 0.25) is 0 Å². The summed E-state index contributed by atoms with van der Waals surface area (Å²) in [6.45, 7) is 3.15. The summed E-state index contributed by atoms with van der Waals surface area (Å²) in [7, 11) is 4.71. The van der Waals surface area contributed by atoms with Crippen LogP contribution in [0.1, 0.15) is 51.9 Å². The average Bonchev–Trinajstić information content (AvgIpc) is 1.49. The number of nitrogen functional groups attached to an aromatic ring is 3. The Hall–Kier alpha value is -10.0. The summed E-state index contributed by atoms with van der Waals surface area (Å²) in [5, 5.41) is 37.6. The van der Waals surface area contributed by atoms with Crippen molar-refractivity contribution in [1.82, 2.24) is 74.5 Å². The number of carboxylic acids is 2. The predicted octanol–water partition coefficient (Wildman–Crippen LogP) is -6.46. The van der Waals surface area contributed by atoms with Crippen molar-refractivity contribution in [1.29, 1.82) is 0 Å². The Bertz CT molecular complexity index is 3800. The number of Topliss-reactive ketones (excluding diaryl/α,β-unsaturated/α-hetero) is 1. The van der Waals surface area contributed by atoms with Gasteiger partial charge in [0.25, 0.3) is 16.7 Å². The van der Waals surface area contributed by atoms with Gasteiger partial charge in [0.2, 0.25) is 17.8 Å². The van der Waals surface area contributed by atoms with Gasteiger partial charge in [-0.3, -0.25) is 62.6 Å². The Labute approximate surface area is 474 Å². The van der Waals surface area contributed by atoms with Crippen LogP contribution in [-0.4, -0.2) is 166 Å². The van der Waals surface area contributed by atoms with Crippen molar-refractivity contribution in [3.63, 3.8) is 0 Å². The van der Waals surface area contributed by atoms with E-state index in [1.165, 1.54) is 16.1 Å². The number of aliphatic carboxylic acids is 2. The van der Waals surface area contributed by atoms with Gasteiger partial charge in [-0.2, -0.15) is 29.9 Å². The van der Waals surface area contributed by atoms with Crippen molar-refractivity contribution in [2.45, 2.75) is 89.6 Å². The van der Waals surface area contributed by atoms with E-state index < -0.39 is 57.8 Å². The number of aromatic amines is 3. The Morgan fingerprint density at radius 3 is 1.39 bits per heavy atom. The van der Waals surface area contributed by atoms with Crippen LogP contribution < -0.4 is 105 Å². The van der Waals surface area contributed by atoms with Gasteiger partial charge in [0.05, 0.1) is 12.0 Å². The zero-order valence-corrected chi connectivity index (χ0v) is 46.4. The SMILES string of the molecule is CNc1nc2c(c(N)nc(=O)n2CCN[C@@H](CC2=CCC=N2)C(=O)O)c(=O)[nH]1.CNc1nc2c(c(N)nc(=O)n2CCN[C@@H](CCCCN)C(C)=O)c(=O)[nH]1.CNc1nc2c(c(N)nc(=O)n2CCN[C@@H](CCCN=C(N)N)C(=O)[O-])c(=O)[nH]1. The first-order valence-electron chi connectivity index (χ1n) is 26.1. The molecule has 22 N–H and O–H groups in total. The number of carboxylic acid groups (broad SMARTS) is 2. The first-order chi connectivity index (χ1) is 40.0. The fourth-order valence-electron chi connectivity index (χ4n) is 8.36. The summed E-state index contributed by atoms with van der Waals surface area (Å²) in [6.07, 6.45) is 7.47. The number of carbonyl (C=O) groups is 3. The standard InChI is InChI=1S/C16H20N8O4.C16H26N8O3.C15H24N10O4/c1-18-15-22-12-10(13(25)23-15)11(17)21-16(28)24(12)6-5-20-9(14(26)27)7-8-3-2-4-19-8;1-9(25)10(5-3-4-6-17)20-7-8-24-13-11(12(18)21-16(24)27)14(26)23-15(19-2)22-13;1-19-14-23-10-8(11(26)24-14)9(16)22-15(29)25(10)6-5-20-7(12(27)28)3-2-4-21-13(17)18/h3-4,9,20H,2,5-7H2,1H3,(H,26,27)(H2,17,21,28)(H2,18,22,23,25);10,20H,3-8,17H2,1-2H3,(H2,18,21,27)(H2,19,22,23,26);7,20H,2-6H2,1H3,(H,27,28)(H2,16,22,29)(H4,17,18,21)(H2,19,23,24,26)/p-1/t9-;10-;7-/m000/s1. The number of aromatic nitrogens is 12. The van der Waals surface area contributed by atoms with Crippen LogP contribution in [0, 0.1) is 0 Å². The van der Waals surface area contributed by atoms with E-state index in [-0.39, 0.29) is 138 Å². The minimum absolute atomic E-state index is 0.0000973. The number of ketones is 1. The highest BCUT2D eigenvalue weighted by Crippen LogP contribution is 2.16. The quantitative estimate of drug-likeness (QED) is 0.0123. The zero-order chi connectivity index (χ0) is 61.8. The molecule has 0 saturated heterocycles. The number of aliphatic imine (C=N–C) groups is 2. The summed E-state index contributed by atoms with van der Waals surface area (Å²) >= 11 is 0. The normalized spacial score (nSPS) is 12.8. The Balaban J connectivity index is 0.000000231. The highest BCUT2D eigenvalue weighted by Gasteiger charge is 2.22. The largest absolute Gasteiger partial charge is 0.548 e. The fourth-order valence-corrected chi connectivity index (χ4v) is 8.36.